The van der Waals surface area contributed by atoms with E-state index in [0.29, 0.717) is 6.54 Å². The fraction of sp³-hybridized carbons (Fsp3) is 0.286. The number of rotatable bonds is 1. The Hall–Kier alpha value is -0.0700. The van der Waals surface area contributed by atoms with Gasteiger partial charge in [-0.15, -0.1) is 11.3 Å². The van der Waals surface area contributed by atoms with E-state index in [1.54, 1.807) is 11.3 Å². The van der Waals surface area contributed by atoms with E-state index in [4.69, 9.17) is 0 Å². The van der Waals surface area contributed by atoms with Crippen LogP contribution >= 0.6 is 43.2 Å². The Labute approximate surface area is 96.2 Å². The number of carbonyl (C=O) groups is 1. The van der Waals surface area contributed by atoms with Crippen molar-refractivity contribution in [2.45, 2.75) is 6.04 Å². The molecule has 2 heterocycles. The molecule has 1 aliphatic heterocycles. The van der Waals surface area contributed by atoms with Gasteiger partial charge in [0.05, 0.1) is 9.83 Å². The Morgan fingerprint density at radius 1 is 1.54 bits per heavy atom. The molecule has 0 spiro atoms. The van der Waals surface area contributed by atoms with Crippen molar-refractivity contribution in [3.63, 3.8) is 0 Å². The minimum Gasteiger partial charge on any atom is -0.336 e. The highest BCUT2D eigenvalue weighted by Crippen LogP contribution is 2.35. The van der Waals surface area contributed by atoms with Gasteiger partial charge in [-0.05, 0) is 37.9 Å². The zero-order valence-electron chi connectivity index (χ0n) is 6.43. The number of thiophene rings is 1. The zero-order chi connectivity index (χ0) is 9.42. The molecule has 0 radical (unpaired) electrons. The van der Waals surface area contributed by atoms with Crippen LogP contribution in [0.4, 0.5) is 4.79 Å². The molecule has 1 saturated heterocycles. The summed E-state index contributed by atoms with van der Waals surface area (Å²) in [5, 5.41) is 5.55. The number of halogens is 2. The van der Waals surface area contributed by atoms with Crippen molar-refractivity contribution in [2.24, 2.45) is 0 Å². The van der Waals surface area contributed by atoms with Crippen LogP contribution in [0.2, 0.25) is 0 Å². The van der Waals surface area contributed by atoms with Gasteiger partial charge in [0.1, 0.15) is 0 Å². The predicted molar refractivity (Wildman–Crippen MR) is 59.0 cm³/mol. The lowest BCUT2D eigenvalue weighted by Crippen LogP contribution is -2.21. The molecule has 13 heavy (non-hydrogen) atoms. The third-order valence-electron chi connectivity index (χ3n) is 1.78. The number of nitrogens with one attached hydrogen (secondary N) is 2. The van der Waals surface area contributed by atoms with Gasteiger partial charge in [0, 0.05) is 15.9 Å². The molecule has 1 aromatic heterocycles. The van der Waals surface area contributed by atoms with Crippen LogP contribution in [-0.2, 0) is 0 Å². The Morgan fingerprint density at radius 3 is 2.77 bits per heavy atom. The lowest BCUT2D eigenvalue weighted by molar-refractivity contribution is 0.247. The molecule has 3 nitrogen and oxygen atoms in total. The summed E-state index contributed by atoms with van der Waals surface area (Å²) in [6, 6.07) is 2.04. The number of hydrogen-bond donors (Lipinski definition) is 2. The van der Waals surface area contributed by atoms with E-state index in [1.807, 2.05) is 6.07 Å². The van der Waals surface area contributed by atoms with Crippen LogP contribution in [0.15, 0.2) is 14.3 Å². The molecule has 0 bridgehead atoms. The smallest absolute Gasteiger partial charge is 0.315 e. The molecule has 0 unspecified atom stereocenters. The van der Waals surface area contributed by atoms with E-state index >= 15 is 0 Å². The van der Waals surface area contributed by atoms with E-state index in [-0.39, 0.29) is 12.1 Å². The summed E-state index contributed by atoms with van der Waals surface area (Å²) in [6.07, 6.45) is 0. The third-order valence-corrected chi connectivity index (χ3v) is 5.15. The summed E-state index contributed by atoms with van der Waals surface area (Å²) >= 11 is 8.45. The molecule has 1 aromatic rings. The largest absolute Gasteiger partial charge is 0.336 e. The first kappa shape index (κ1) is 9.48. The SMILES string of the molecule is O=C1NC[C@@H](c2cc(Br)c(Br)s2)N1. The van der Waals surface area contributed by atoms with Crippen LogP contribution in [0.1, 0.15) is 10.9 Å². The monoisotopic (exact) mass is 324 g/mol. The van der Waals surface area contributed by atoms with E-state index in [2.05, 4.69) is 42.5 Å². The lowest BCUT2D eigenvalue weighted by Gasteiger charge is -2.03. The van der Waals surface area contributed by atoms with Crippen molar-refractivity contribution in [1.29, 1.82) is 0 Å². The lowest BCUT2D eigenvalue weighted by atomic mass is 10.2. The summed E-state index contributed by atoms with van der Waals surface area (Å²) in [5.41, 5.74) is 0. The van der Waals surface area contributed by atoms with Gasteiger partial charge in [0.25, 0.3) is 0 Å². The molecular formula is C7H6Br2N2OS. The fourth-order valence-corrected chi connectivity index (χ4v) is 3.30. The van der Waals surface area contributed by atoms with E-state index in [9.17, 15) is 4.79 Å². The first-order valence-corrected chi connectivity index (χ1v) is 6.06. The molecular weight excluding hydrogens is 320 g/mol. The average Bonchev–Trinajstić information content (AvgIpc) is 2.61. The first-order valence-electron chi connectivity index (χ1n) is 3.66. The summed E-state index contributed by atoms with van der Waals surface area (Å²) in [7, 11) is 0. The van der Waals surface area contributed by atoms with Crippen LogP contribution < -0.4 is 10.6 Å². The van der Waals surface area contributed by atoms with Crippen molar-refractivity contribution in [3.05, 3.63) is 19.2 Å². The Bertz CT molecular complexity index is 333. The zero-order valence-corrected chi connectivity index (χ0v) is 10.4. The minimum atomic E-state index is -0.0920. The predicted octanol–water partition coefficient (Wildman–Crippen LogP) is 2.63. The molecule has 1 atom stereocenters. The molecule has 0 aliphatic carbocycles. The Morgan fingerprint density at radius 2 is 2.31 bits per heavy atom. The number of urea groups is 1. The van der Waals surface area contributed by atoms with Gasteiger partial charge in [-0.1, -0.05) is 0 Å². The first-order chi connectivity index (χ1) is 6.16. The van der Waals surface area contributed by atoms with Crippen LogP contribution in [-0.4, -0.2) is 12.6 Å². The molecule has 2 N–H and O–H groups in total. The molecule has 6 heteroatoms. The van der Waals surface area contributed by atoms with E-state index in [1.165, 1.54) is 0 Å². The van der Waals surface area contributed by atoms with Gasteiger partial charge in [0.15, 0.2) is 0 Å². The van der Waals surface area contributed by atoms with Gasteiger partial charge in [0.2, 0.25) is 0 Å². The van der Waals surface area contributed by atoms with Crippen LogP contribution in [0, 0.1) is 0 Å². The second-order valence-electron chi connectivity index (χ2n) is 2.68. The molecule has 0 aromatic carbocycles. The van der Waals surface area contributed by atoms with Crippen molar-refractivity contribution in [2.75, 3.05) is 6.54 Å². The van der Waals surface area contributed by atoms with Gasteiger partial charge in [-0.2, -0.15) is 0 Å². The van der Waals surface area contributed by atoms with Crippen molar-refractivity contribution >= 4 is 49.2 Å². The highest BCUT2D eigenvalue weighted by molar-refractivity contribution is 9.13. The highest BCUT2D eigenvalue weighted by atomic mass is 79.9. The number of amides is 2. The van der Waals surface area contributed by atoms with Gasteiger partial charge in [-0.3, -0.25) is 0 Å². The summed E-state index contributed by atoms with van der Waals surface area (Å²) in [6.45, 7) is 0.665. The van der Waals surface area contributed by atoms with Crippen LogP contribution in [0.3, 0.4) is 0 Å². The quantitative estimate of drug-likeness (QED) is 0.818. The normalized spacial score (nSPS) is 21.4. The van der Waals surface area contributed by atoms with Crippen molar-refractivity contribution < 1.29 is 4.79 Å². The van der Waals surface area contributed by atoms with Crippen LogP contribution in [0.25, 0.3) is 0 Å². The van der Waals surface area contributed by atoms with Crippen molar-refractivity contribution in [1.82, 2.24) is 10.6 Å². The summed E-state index contributed by atoms with van der Waals surface area (Å²) < 4.78 is 2.09. The Kier molecular flexibility index (Phi) is 2.62. The molecule has 2 amide bonds. The van der Waals surface area contributed by atoms with Gasteiger partial charge >= 0.3 is 6.03 Å². The molecule has 0 saturated carbocycles. The second-order valence-corrected chi connectivity index (χ2v) is 5.93. The summed E-state index contributed by atoms with van der Waals surface area (Å²) in [5.74, 6) is 0. The topological polar surface area (TPSA) is 41.1 Å². The molecule has 1 fully saturated rings. The fourth-order valence-electron chi connectivity index (χ4n) is 1.16. The second kappa shape index (κ2) is 3.59. The maximum absolute atomic E-state index is 10.9. The molecule has 70 valence electrons. The maximum atomic E-state index is 10.9. The third kappa shape index (κ3) is 1.89. The van der Waals surface area contributed by atoms with Gasteiger partial charge in [-0.25, -0.2) is 4.79 Å². The number of hydrogen-bond acceptors (Lipinski definition) is 2. The van der Waals surface area contributed by atoms with Crippen molar-refractivity contribution in [3.8, 4) is 0 Å². The molecule has 1 aliphatic rings. The standard InChI is InChI=1S/C7H6Br2N2OS/c8-3-1-5(13-6(3)9)4-2-10-7(12)11-4/h1,4H,2H2,(H2,10,11,12)/t4-/m0/s1. The van der Waals surface area contributed by atoms with E-state index in [0.717, 1.165) is 13.1 Å². The van der Waals surface area contributed by atoms with E-state index < -0.39 is 0 Å². The van der Waals surface area contributed by atoms with Gasteiger partial charge < -0.3 is 10.6 Å². The molecule has 2 rings (SSSR count). The minimum absolute atomic E-state index is 0.0920. The highest BCUT2D eigenvalue weighted by Gasteiger charge is 2.23. The average molecular weight is 326 g/mol. The summed E-state index contributed by atoms with van der Waals surface area (Å²) in [4.78, 5) is 12.0. The number of carbonyl (C=O) groups excluding carboxylic acids is 1. The van der Waals surface area contributed by atoms with Crippen LogP contribution in [0.5, 0.6) is 0 Å². The Balaban J connectivity index is 2.21. The maximum Gasteiger partial charge on any atom is 0.315 e.